The SMILES string of the molecule is Cn1cc(-c2cccc(-c3ncc(-c4cnn(C5CCC(N)CC5)c4)cn3)c2)cn1. The lowest BCUT2D eigenvalue weighted by Gasteiger charge is -2.26. The summed E-state index contributed by atoms with van der Waals surface area (Å²) in [6.07, 6.45) is 15.9. The molecule has 0 amide bonds. The van der Waals surface area contributed by atoms with Crippen LogP contribution in [-0.4, -0.2) is 35.6 Å². The molecule has 1 aliphatic rings. The predicted octanol–water partition coefficient (Wildman–Crippen LogP) is 3.85. The highest BCUT2D eigenvalue weighted by atomic mass is 15.3. The molecular weight excluding hydrogens is 374 g/mol. The van der Waals surface area contributed by atoms with Gasteiger partial charge in [0, 0.05) is 60.1 Å². The van der Waals surface area contributed by atoms with Gasteiger partial charge < -0.3 is 5.73 Å². The van der Waals surface area contributed by atoms with Gasteiger partial charge in [-0.25, -0.2) is 9.97 Å². The van der Waals surface area contributed by atoms with Crippen LogP contribution >= 0.6 is 0 Å². The van der Waals surface area contributed by atoms with E-state index in [9.17, 15) is 0 Å². The molecule has 0 atom stereocenters. The normalized spacial score (nSPS) is 19.1. The van der Waals surface area contributed by atoms with Gasteiger partial charge in [-0.3, -0.25) is 9.36 Å². The van der Waals surface area contributed by atoms with Gasteiger partial charge in [0.2, 0.25) is 0 Å². The highest BCUT2D eigenvalue weighted by Gasteiger charge is 2.20. The molecule has 7 heteroatoms. The van der Waals surface area contributed by atoms with Crippen molar-refractivity contribution in [2.75, 3.05) is 0 Å². The van der Waals surface area contributed by atoms with E-state index in [2.05, 4.69) is 43.2 Å². The number of nitrogens with zero attached hydrogens (tertiary/aromatic N) is 6. The molecular formula is C23H25N7. The molecule has 7 nitrogen and oxygen atoms in total. The van der Waals surface area contributed by atoms with Crippen molar-refractivity contribution < 1.29 is 0 Å². The third-order valence-electron chi connectivity index (χ3n) is 5.86. The van der Waals surface area contributed by atoms with Gasteiger partial charge in [0.1, 0.15) is 0 Å². The Morgan fingerprint density at radius 2 is 1.50 bits per heavy atom. The minimum atomic E-state index is 0.342. The first-order chi connectivity index (χ1) is 14.7. The first-order valence-corrected chi connectivity index (χ1v) is 10.4. The molecule has 2 N–H and O–H groups in total. The minimum Gasteiger partial charge on any atom is -0.328 e. The van der Waals surface area contributed by atoms with E-state index in [1.165, 1.54) is 0 Å². The number of rotatable bonds is 4. The monoisotopic (exact) mass is 399 g/mol. The van der Waals surface area contributed by atoms with Crippen LogP contribution in [0.3, 0.4) is 0 Å². The molecule has 0 radical (unpaired) electrons. The maximum Gasteiger partial charge on any atom is 0.159 e. The maximum absolute atomic E-state index is 6.03. The fourth-order valence-corrected chi connectivity index (χ4v) is 4.09. The number of aromatic nitrogens is 6. The zero-order valence-corrected chi connectivity index (χ0v) is 17.0. The summed E-state index contributed by atoms with van der Waals surface area (Å²) in [5.74, 6) is 0.707. The zero-order chi connectivity index (χ0) is 20.5. The van der Waals surface area contributed by atoms with Crippen LogP contribution in [0.5, 0.6) is 0 Å². The largest absolute Gasteiger partial charge is 0.328 e. The Kier molecular flexibility index (Phi) is 4.88. The van der Waals surface area contributed by atoms with Crippen molar-refractivity contribution in [2.24, 2.45) is 12.8 Å². The van der Waals surface area contributed by atoms with Gasteiger partial charge in [-0.05, 0) is 37.3 Å². The first kappa shape index (κ1) is 18.7. The molecule has 0 bridgehead atoms. The molecule has 30 heavy (non-hydrogen) atoms. The summed E-state index contributed by atoms with van der Waals surface area (Å²) in [6, 6.07) is 9.00. The molecule has 152 valence electrons. The fourth-order valence-electron chi connectivity index (χ4n) is 4.09. The molecule has 4 aromatic rings. The van der Waals surface area contributed by atoms with Crippen LogP contribution in [0.25, 0.3) is 33.6 Å². The van der Waals surface area contributed by atoms with Gasteiger partial charge in [-0.15, -0.1) is 0 Å². The Hall–Kier alpha value is -3.32. The molecule has 1 fully saturated rings. The van der Waals surface area contributed by atoms with E-state index in [1.54, 1.807) is 4.68 Å². The second-order valence-corrected chi connectivity index (χ2v) is 8.06. The minimum absolute atomic E-state index is 0.342. The molecule has 1 saturated carbocycles. The first-order valence-electron chi connectivity index (χ1n) is 10.4. The quantitative estimate of drug-likeness (QED) is 0.563. The number of aryl methyl sites for hydroxylation is 1. The van der Waals surface area contributed by atoms with Gasteiger partial charge in [0.25, 0.3) is 0 Å². The number of benzene rings is 1. The summed E-state index contributed by atoms with van der Waals surface area (Å²) in [5, 5.41) is 8.83. The van der Waals surface area contributed by atoms with Crippen LogP contribution in [0.15, 0.2) is 61.4 Å². The van der Waals surface area contributed by atoms with Gasteiger partial charge in [0.05, 0.1) is 18.4 Å². The van der Waals surface area contributed by atoms with Crippen LogP contribution in [0.4, 0.5) is 0 Å². The Morgan fingerprint density at radius 3 is 2.23 bits per heavy atom. The number of hydrogen-bond donors (Lipinski definition) is 1. The van der Waals surface area contributed by atoms with Crippen molar-refractivity contribution in [1.82, 2.24) is 29.5 Å². The summed E-state index contributed by atoms with van der Waals surface area (Å²) >= 11 is 0. The Labute approximate surface area is 175 Å². The third kappa shape index (κ3) is 3.76. The Balaban J connectivity index is 1.35. The summed E-state index contributed by atoms with van der Waals surface area (Å²) in [4.78, 5) is 9.22. The summed E-state index contributed by atoms with van der Waals surface area (Å²) in [6.45, 7) is 0. The molecule has 3 heterocycles. The van der Waals surface area contributed by atoms with Gasteiger partial charge >= 0.3 is 0 Å². The van der Waals surface area contributed by atoms with E-state index in [0.717, 1.165) is 53.5 Å². The summed E-state index contributed by atoms with van der Waals surface area (Å²) in [5.41, 5.74) is 11.2. The summed E-state index contributed by atoms with van der Waals surface area (Å²) in [7, 11) is 1.92. The highest BCUT2D eigenvalue weighted by Crippen LogP contribution is 2.29. The molecule has 3 aromatic heterocycles. The Morgan fingerprint density at radius 1 is 0.800 bits per heavy atom. The lowest BCUT2D eigenvalue weighted by Crippen LogP contribution is -2.27. The van der Waals surface area contributed by atoms with Crippen LogP contribution in [0, 0.1) is 0 Å². The third-order valence-corrected chi connectivity index (χ3v) is 5.86. The highest BCUT2D eigenvalue weighted by molar-refractivity contribution is 5.70. The van der Waals surface area contributed by atoms with Crippen molar-refractivity contribution in [3.8, 4) is 33.6 Å². The van der Waals surface area contributed by atoms with E-state index < -0.39 is 0 Å². The number of nitrogens with two attached hydrogens (primary N) is 1. The van der Waals surface area contributed by atoms with Crippen molar-refractivity contribution in [3.63, 3.8) is 0 Å². The van der Waals surface area contributed by atoms with Gasteiger partial charge in [-0.2, -0.15) is 10.2 Å². The maximum atomic E-state index is 6.03. The molecule has 5 rings (SSSR count). The van der Waals surface area contributed by atoms with E-state index in [4.69, 9.17) is 5.73 Å². The van der Waals surface area contributed by atoms with Gasteiger partial charge in [0.15, 0.2) is 5.82 Å². The smallest absolute Gasteiger partial charge is 0.159 e. The van der Waals surface area contributed by atoms with Crippen molar-refractivity contribution in [3.05, 3.63) is 61.4 Å². The van der Waals surface area contributed by atoms with E-state index in [0.29, 0.717) is 17.9 Å². The van der Waals surface area contributed by atoms with E-state index in [1.807, 2.05) is 50.2 Å². The molecule has 0 spiro atoms. The topological polar surface area (TPSA) is 87.4 Å². The lowest BCUT2D eigenvalue weighted by molar-refractivity contribution is 0.304. The second-order valence-electron chi connectivity index (χ2n) is 8.06. The van der Waals surface area contributed by atoms with Crippen molar-refractivity contribution >= 4 is 0 Å². The van der Waals surface area contributed by atoms with Crippen LogP contribution < -0.4 is 5.73 Å². The summed E-state index contributed by atoms with van der Waals surface area (Å²) < 4.78 is 3.88. The van der Waals surface area contributed by atoms with Crippen LogP contribution in [-0.2, 0) is 7.05 Å². The predicted molar refractivity (Wildman–Crippen MR) is 116 cm³/mol. The van der Waals surface area contributed by atoms with Crippen molar-refractivity contribution in [1.29, 1.82) is 0 Å². The zero-order valence-electron chi connectivity index (χ0n) is 17.0. The molecule has 0 aliphatic heterocycles. The standard InChI is InChI=1S/C23H25N7/c1-29-14-19(12-27-29)16-3-2-4-17(9-16)23-25-10-18(11-26-23)20-13-28-30(15-20)22-7-5-21(24)6-8-22/h2-4,9-15,21-22H,5-8,24H2,1H3. The second kappa shape index (κ2) is 7.84. The Bertz CT molecular complexity index is 1130. The fraction of sp³-hybridized carbons (Fsp3) is 0.304. The van der Waals surface area contributed by atoms with Gasteiger partial charge in [-0.1, -0.05) is 18.2 Å². The molecule has 0 saturated heterocycles. The molecule has 0 unspecified atom stereocenters. The lowest BCUT2D eigenvalue weighted by atomic mass is 9.92. The molecule has 1 aromatic carbocycles. The number of hydrogen-bond acceptors (Lipinski definition) is 5. The van der Waals surface area contributed by atoms with E-state index >= 15 is 0 Å². The van der Waals surface area contributed by atoms with Crippen molar-refractivity contribution in [2.45, 2.75) is 37.8 Å². The van der Waals surface area contributed by atoms with Crippen LogP contribution in [0.1, 0.15) is 31.7 Å². The average Bonchev–Trinajstić information content (AvgIpc) is 3.44. The average molecular weight is 400 g/mol. The van der Waals surface area contributed by atoms with E-state index in [-0.39, 0.29) is 0 Å². The molecule has 1 aliphatic carbocycles. The van der Waals surface area contributed by atoms with Crippen LogP contribution in [0.2, 0.25) is 0 Å².